The van der Waals surface area contributed by atoms with E-state index in [4.69, 9.17) is 9.15 Å². The van der Waals surface area contributed by atoms with Crippen LogP contribution in [0.5, 0.6) is 0 Å². The predicted molar refractivity (Wildman–Crippen MR) is 131 cm³/mol. The molecule has 2 aliphatic rings. The van der Waals surface area contributed by atoms with Crippen molar-refractivity contribution in [3.63, 3.8) is 0 Å². The lowest BCUT2D eigenvalue weighted by Gasteiger charge is -2.37. The lowest BCUT2D eigenvalue weighted by atomic mass is 9.99. The van der Waals surface area contributed by atoms with Gasteiger partial charge in [0.05, 0.1) is 19.2 Å². The third-order valence-electron chi connectivity index (χ3n) is 6.86. The second-order valence-electron chi connectivity index (χ2n) is 9.15. The van der Waals surface area contributed by atoms with Crippen LogP contribution in [-0.4, -0.2) is 70.6 Å². The standard InChI is InChI=1S/C27H32N4O4/c1-3-34-27(33)30-16-14-29(15-17-30)26(32)24-11-10-22(35-24)19-31-18-13-28-12-4-5-23(28)25(31)21-8-6-20(2)7-9-21/h4-12,25H,3,13-19H2,1-2H3. The van der Waals surface area contributed by atoms with Gasteiger partial charge in [0, 0.05) is 51.2 Å². The summed E-state index contributed by atoms with van der Waals surface area (Å²) < 4.78 is 13.4. The second kappa shape index (κ2) is 10.00. The van der Waals surface area contributed by atoms with E-state index in [1.54, 1.807) is 22.8 Å². The normalized spacial score (nSPS) is 18.4. The lowest BCUT2D eigenvalue weighted by molar-refractivity contribution is 0.0542. The molecular weight excluding hydrogens is 444 g/mol. The molecule has 4 heterocycles. The van der Waals surface area contributed by atoms with Gasteiger partial charge in [-0.05, 0) is 43.7 Å². The predicted octanol–water partition coefficient (Wildman–Crippen LogP) is 3.91. The Kier molecular flexibility index (Phi) is 6.63. The van der Waals surface area contributed by atoms with Gasteiger partial charge < -0.3 is 23.5 Å². The highest BCUT2D eigenvalue weighted by molar-refractivity contribution is 5.91. The van der Waals surface area contributed by atoms with Gasteiger partial charge >= 0.3 is 6.09 Å². The van der Waals surface area contributed by atoms with E-state index in [0.717, 1.165) is 18.8 Å². The van der Waals surface area contributed by atoms with Crippen LogP contribution in [0.25, 0.3) is 0 Å². The Morgan fingerprint density at radius 3 is 2.43 bits per heavy atom. The number of carbonyl (C=O) groups is 2. The first kappa shape index (κ1) is 23.2. The Morgan fingerprint density at radius 2 is 1.69 bits per heavy atom. The topological polar surface area (TPSA) is 71.2 Å². The van der Waals surface area contributed by atoms with E-state index in [1.165, 1.54) is 16.8 Å². The van der Waals surface area contributed by atoms with Crippen molar-refractivity contribution >= 4 is 12.0 Å². The molecule has 2 aliphatic heterocycles. The molecule has 2 aromatic heterocycles. The number of hydrogen-bond donors (Lipinski definition) is 0. The number of aryl methyl sites for hydroxylation is 1. The van der Waals surface area contributed by atoms with Gasteiger partial charge in [-0.3, -0.25) is 9.69 Å². The summed E-state index contributed by atoms with van der Waals surface area (Å²) in [4.78, 5) is 30.7. The average molecular weight is 477 g/mol. The maximum atomic E-state index is 13.0. The third kappa shape index (κ3) is 4.84. The summed E-state index contributed by atoms with van der Waals surface area (Å²) in [6, 6.07) is 16.8. The van der Waals surface area contributed by atoms with E-state index in [0.29, 0.717) is 45.1 Å². The summed E-state index contributed by atoms with van der Waals surface area (Å²) in [6.07, 6.45) is 1.81. The van der Waals surface area contributed by atoms with Crippen LogP contribution in [0.1, 0.15) is 46.1 Å². The average Bonchev–Trinajstić information content (AvgIpc) is 3.54. The summed E-state index contributed by atoms with van der Waals surface area (Å²) >= 11 is 0. The van der Waals surface area contributed by atoms with E-state index in [1.807, 2.05) is 6.07 Å². The molecule has 1 atom stereocenters. The first-order valence-corrected chi connectivity index (χ1v) is 12.3. The Bertz CT molecular complexity index is 1170. The number of rotatable bonds is 5. The molecule has 1 fully saturated rings. The third-order valence-corrected chi connectivity index (χ3v) is 6.86. The minimum absolute atomic E-state index is 0.125. The van der Waals surface area contributed by atoms with Crippen molar-refractivity contribution in [2.45, 2.75) is 33.0 Å². The molecule has 0 spiro atoms. The number of carbonyl (C=O) groups excluding carboxylic acids is 2. The molecular formula is C27H32N4O4. The molecule has 2 amide bonds. The molecule has 0 aliphatic carbocycles. The monoisotopic (exact) mass is 476 g/mol. The van der Waals surface area contributed by atoms with Crippen LogP contribution in [0.3, 0.4) is 0 Å². The highest BCUT2D eigenvalue weighted by Gasteiger charge is 2.31. The fourth-order valence-corrected chi connectivity index (χ4v) is 4.97. The highest BCUT2D eigenvalue weighted by atomic mass is 16.6. The number of piperazine rings is 1. The summed E-state index contributed by atoms with van der Waals surface area (Å²) in [5.41, 5.74) is 3.75. The van der Waals surface area contributed by atoms with Crippen LogP contribution in [-0.2, 0) is 17.8 Å². The molecule has 35 heavy (non-hydrogen) atoms. The van der Waals surface area contributed by atoms with Gasteiger partial charge in [-0.2, -0.15) is 0 Å². The Morgan fingerprint density at radius 1 is 0.943 bits per heavy atom. The first-order valence-electron chi connectivity index (χ1n) is 12.3. The van der Waals surface area contributed by atoms with E-state index in [-0.39, 0.29) is 18.0 Å². The summed E-state index contributed by atoms with van der Waals surface area (Å²) in [5, 5.41) is 0. The van der Waals surface area contributed by atoms with E-state index < -0.39 is 0 Å². The minimum atomic E-state index is -0.323. The number of hydrogen-bond acceptors (Lipinski definition) is 5. The zero-order valence-corrected chi connectivity index (χ0v) is 20.4. The van der Waals surface area contributed by atoms with Gasteiger partial charge in [0.15, 0.2) is 5.76 Å². The quantitative estimate of drug-likeness (QED) is 0.558. The fraction of sp³-hybridized carbons (Fsp3) is 0.407. The van der Waals surface area contributed by atoms with Crippen molar-refractivity contribution < 1.29 is 18.7 Å². The Labute approximate surface area is 205 Å². The van der Waals surface area contributed by atoms with Crippen molar-refractivity contribution in [1.82, 2.24) is 19.3 Å². The zero-order valence-electron chi connectivity index (χ0n) is 20.4. The minimum Gasteiger partial charge on any atom is -0.455 e. The number of ether oxygens (including phenoxy) is 1. The van der Waals surface area contributed by atoms with Gasteiger partial charge in [-0.25, -0.2) is 4.79 Å². The molecule has 0 bridgehead atoms. The molecule has 1 aromatic carbocycles. The summed E-state index contributed by atoms with van der Waals surface area (Å²) in [6.45, 7) is 8.52. The van der Waals surface area contributed by atoms with Crippen LogP contribution in [0.4, 0.5) is 4.79 Å². The molecule has 0 N–H and O–H groups in total. The molecule has 5 rings (SSSR count). The maximum absolute atomic E-state index is 13.0. The number of fused-ring (bicyclic) bond motifs is 1. The van der Waals surface area contributed by atoms with E-state index >= 15 is 0 Å². The molecule has 3 aromatic rings. The van der Waals surface area contributed by atoms with Gasteiger partial charge in [0.1, 0.15) is 5.76 Å². The van der Waals surface area contributed by atoms with Crippen LogP contribution in [0.15, 0.2) is 59.1 Å². The molecule has 8 heteroatoms. The zero-order chi connectivity index (χ0) is 24.4. The van der Waals surface area contributed by atoms with Gasteiger partial charge in [0.2, 0.25) is 0 Å². The highest BCUT2D eigenvalue weighted by Crippen LogP contribution is 2.34. The molecule has 184 valence electrons. The van der Waals surface area contributed by atoms with Crippen molar-refractivity contribution in [3.05, 3.63) is 83.1 Å². The van der Waals surface area contributed by atoms with Crippen LogP contribution in [0, 0.1) is 6.92 Å². The van der Waals surface area contributed by atoms with Crippen molar-refractivity contribution in [2.75, 3.05) is 39.3 Å². The van der Waals surface area contributed by atoms with Gasteiger partial charge in [-0.15, -0.1) is 0 Å². The Hall–Kier alpha value is -3.52. The molecule has 1 saturated heterocycles. The van der Waals surface area contributed by atoms with E-state index in [9.17, 15) is 9.59 Å². The molecule has 8 nitrogen and oxygen atoms in total. The van der Waals surface area contributed by atoms with Crippen molar-refractivity contribution in [2.24, 2.45) is 0 Å². The van der Waals surface area contributed by atoms with Crippen LogP contribution >= 0.6 is 0 Å². The summed E-state index contributed by atoms with van der Waals surface area (Å²) in [7, 11) is 0. The molecule has 0 saturated carbocycles. The van der Waals surface area contributed by atoms with Gasteiger partial charge in [-0.1, -0.05) is 29.8 Å². The number of furan rings is 1. The van der Waals surface area contributed by atoms with Crippen LogP contribution in [0.2, 0.25) is 0 Å². The van der Waals surface area contributed by atoms with Crippen molar-refractivity contribution in [1.29, 1.82) is 0 Å². The lowest BCUT2D eigenvalue weighted by Crippen LogP contribution is -2.50. The van der Waals surface area contributed by atoms with E-state index in [2.05, 4.69) is 59.0 Å². The number of benzene rings is 1. The van der Waals surface area contributed by atoms with Gasteiger partial charge in [0.25, 0.3) is 5.91 Å². The van der Waals surface area contributed by atoms with Crippen molar-refractivity contribution in [3.8, 4) is 0 Å². The Balaban J connectivity index is 1.27. The number of aromatic nitrogens is 1. The number of nitrogens with zero attached hydrogens (tertiary/aromatic N) is 4. The summed E-state index contributed by atoms with van der Waals surface area (Å²) in [5.74, 6) is 0.981. The maximum Gasteiger partial charge on any atom is 0.409 e. The van der Waals surface area contributed by atoms with Crippen LogP contribution < -0.4 is 0 Å². The smallest absolute Gasteiger partial charge is 0.409 e. The molecule has 0 radical (unpaired) electrons. The largest absolute Gasteiger partial charge is 0.455 e. The molecule has 1 unspecified atom stereocenters. The number of amides is 2. The SMILES string of the molecule is CCOC(=O)N1CCN(C(=O)c2ccc(CN3CCn4cccc4C3c3ccc(C)cc3)o2)CC1. The second-order valence-corrected chi connectivity index (χ2v) is 9.15. The fourth-order valence-electron chi connectivity index (χ4n) is 4.97. The first-order chi connectivity index (χ1) is 17.0.